The molecule has 0 aromatic rings. The summed E-state index contributed by atoms with van der Waals surface area (Å²) >= 11 is 0. The third-order valence-electron chi connectivity index (χ3n) is 8.32. The minimum Gasteiger partial charge on any atom is -0.465 e. The van der Waals surface area contributed by atoms with Gasteiger partial charge in [-0.25, -0.2) is 0 Å². The number of hydrogen-bond donors (Lipinski definition) is 0. The molecule has 1 aliphatic heterocycles. The molecular formula is C21H24O4. The zero-order chi connectivity index (χ0) is 17.8. The molecule has 4 nitrogen and oxygen atoms in total. The van der Waals surface area contributed by atoms with E-state index in [9.17, 15) is 14.4 Å². The zero-order valence-electron chi connectivity index (χ0n) is 14.7. The molecule has 6 aliphatic rings. The van der Waals surface area contributed by atoms with Crippen molar-refractivity contribution in [1.29, 1.82) is 0 Å². The first-order valence-corrected chi connectivity index (χ1v) is 9.43. The van der Waals surface area contributed by atoms with E-state index in [1.807, 2.05) is 0 Å². The Morgan fingerprint density at radius 3 is 2.52 bits per heavy atom. The Kier molecular flexibility index (Phi) is 2.69. The molecule has 1 saturated heterocycles. The maximum Gasteiger partial charge on any atom is 0.313 e. The third-order valence-corrected chi connectivity index (χ3v) is 8.32. The second-order valence-electron chi connectivity index (χ2n) is 9.26. The number of cyclic esters (lactones) is 1. The summed E-state index contributed by atoms with van der Waals surface area (Å²) in [5.74, 6) is -0.740. The summed E-state index contributed by atoms with van der Waals surface area (Å²) in [7, 11) is 0. The van der Waals surface area contributed by atoms with Gasteiger partial charge in [0.25, 0.3) is 0 Å². The van der Waals surface area contributed by atoms with E-state index < -0.39 is 10.8 Å². The smallest absolute Gasteiger partial charge is 0.313 e. The lowest BCUT2D eigenvalue weighted by atomic mass is 9.34. The molecule has 0 radical (unpaired) electrons. The third kappa shape index (κ3) is 1.42. The molecule has 5 aliphatic carbocycles. The lowest BCUT2D eigenvalue weighted by molar-refractivity contribution is -0.221. The predicted octanol–water partition coefficient (Wildman–Crippen LogP) is 3.02. The van der Waals surface area contributed by atoms with Crippen molar-refractivity contribution in [2.24, 2.45) is 34.0 Å². The Balaban J connectivity index is 1.79. The molecule has 25 heavy (non-hydrogen) atoms. The van der Waals surface area contributed by atoms with Crippen LogP contribution in [0.15, 0.2) is 24.3 Å². The minimum absolute atomic E-state index is 0.106. The molecule has 6 rings (SSSR count). The van der Waals surface area contributed by atoms with Crippen LogP contribution in [0.5, 0.6) is 0 Å². The molecule has 2 unspecified atom stereocenters. The highest BCUT2D eigenvalue weighted by Crippen LogP contribution is 2.72. The van der Waals surface area contributed by atoms with E-state index in [0.29, 0.717) is 37.0 Å². The van der Waals surface area contributed by atoms with E-state index in [1.165, 1.54) is 0 Å². The molecule has 5 saturated carbocycles. The number of fused-ring (bicyclic) bond motifs is 2. The Labute approximate surface area is 147 Å². The number of carbonyl (C=O) groups is 3. The summed E-state index contributed by atoms with van der Waals surface area (Å²) in [4.78, 5) is 39.9. The van der Waals surface area contributed by atoms with Gasteiger partial charge in [-0.05, 0) is 55.1 Å². The molecule has 1 spiro atoms. The van der Waals surface area contributed by atoms with E-state index >= 15 is 0 Å². The van der Waals surface area contributed by atoms with Crippen molar-refractivity contribution in [3.63, 3.8) is 0 Å². The number of esters is 1. The van der Waals surface area contributed by atoms with Gasteiger partial charge in [-0.3, -0.25) is 14.4 Å². The van der Waals surface area contributed by atoms with Crippen LogP contribution in [0.3, 0.4) is 0 Å². The van der Waals surface area contributed by atoms with Gasteiger partial charge in [-0.1, -0.05) is 26.5 Å². The summed E-state index contributed by atoms with van der Waals surface area (Å²) in [6.45, 7) is 10.6. The lowest BCUT2D eigenvalue weighted by Gasteiger charge is -2.67. The molecule has 0 aromatic carbocycles. The fraction of sp³-hybridized carbons (Fsp3) is 0.667. The van der Waals surface area contributed by atoms with Gasteiger partial charge in [0.15, 0.2) is 11.6 Å². The summed E-state index contributed by atoms with van der Waals surface area (Å²) in [6.07, 6.45) is 4.64. The Bertz CT molecular complexity index is 779. The number of ketones is 2. The van der Waals surface area contributed by atoms with E-state index in [2.05, 4.69) is 20.1 Å². The highest BCUT2D eigenvalue weighted by molar-refractivity contribution is 6.22. The summed E-state index contributed by atoms with van der Waals surface area (Å²) in [6, 6.07) is 0. The van der Waals surface area contributed by atoms with Gasteiger partial charge in [0, 0.05) is 11.3 Å². The molecule has 0 aromatic heterocycles. The predicted molar refractivity (Wildman–Crippen MR) is 90.4 cm³/mol. The Morgan fingerprint density at radius 2 is 1.76 bits per heavy atom. The first-order valence-electron chi connectivity index (χ1n) is 9.43. The van der Waals surface area contributed by atoms with Crippen LogP contribution in [-0.2, 0) is 19.1 Å². The molecule has 6 atom stereocenters. The van der Waals surface area contributed by atoms with Crippen molar-refractivity contribution >= 4 is 17.5 Å². The van der Waals surface area contributed by atoms with Crippen LogP contribution < -0.4 is 0 Å². The van der Waals surface area contributed by atoms with Crippen LogP contribution in [0.25, 0.3) is 0 Å². The summed E-state index contributed by atoms with van der Waals surface area (Å²) in [5.41, 5.74) is -1.01. The molecule has 0 N–H and O–H groups in total. The largest absolute Gasteiger partial charge is 0.465 e. The second kappa shape index (κ2) is 4.33. The molecule has 1 heterocycles. The Morgan fingerprint density at radius 1 is 1.04 bits per heavy atom. The van der Waals surface area contributed by atoms with Crippen LogP contribution in [0.1, 0.15) is 45.4 Å². The van der Waals surface area contributed by atoms with Crippen molar-refractivity contribution in [3.8, 4) is 0 Å². The van der Waals surface area contributed by atoms with Gasteiger partial charge < -0.3 is 4.74 Å². The van der Waals surface area contributed by atoms with E-state index in [4.69, 9.17) is 4.74 Å². The average Bonchev–Trinajstić information content (AvgIpc) is 2.60. The molecule has 4 bridgehead atoms. The molecular weight excluding hydrogens is 316 g/mol. The zero-order valence-corrected chi connectivity index (χ0v) is 14.7. The SMILES string of the molecule is C=C1C(=O)[C@@]23CC[C@@H](CC2[C@@]24CCC[C@@](C)(COC2=O)C14)C(=C)C3=O. The molecule has 0 amide bonds. The van der Waals surface area contributed by atoms with E-state index in [-0.39, 0.29) is 40.7 Å². The van der Waals surface area contributed by atoms with Gasteiger partial charge in [0.1, 0.15) is 0 Å². The molecule has 132 valence electrons. The van der Waals surface area contributed by atoms with Crippen LogP contribution in [0.2, 0.25) is 0 Å². The maximum atomic E-state index is 13.5. The topological polar surface area (TPSA) is 60.4 Å². The van der Waals surface area contributed by atoms with Gasteiger partial charge >= 0.3 is 5.97 Å². The molecule has 6 fully saturated rings. The lowest BCUT2D eigenvalue weighted by Crippen LogP contribution is -2.72. The van der Waals surface area contributed by atoms with Crippen molar-refractivity contribution < 1.29 is 19.1 Å². The summed E-state index contributed by atoms with van der Waals surface area (Å²) in [5, 5.41) is 0. The van der Waals surface area contributed by atoms with E-state index in [0.717, 1.165) is 19.3 Å². The number of hydrogen-bond acceptors (Lipinski definition) is 4. The first kappa shape index (κ1) is 15.5. The number of ether oxygens (including phenoxy) is 1. The fourth-order valence-corrected chi connectivity index (χ4v) is 7.37. The second-order valence-corrected chi connectivity index (χ2v) is 9.26. The number of Topliss-reactive ketones (excluding diaryl/α,β-unsaturated/α-hetero) is 2. The normalized spacial score (nSPS) is 51.1. The quantitative estimate of drug-likeness (QED) is 0.386. The van der Waals surface area contributed by atoms with Crippen LogP contribution in [0, 0.1) is 34.0 Å². The first-order chi connectivity index (χ1) is 11.8. The van der Waals surface area contributed by atoms with Crippen molar-refractivity contribution in [1.82, 2.24) is 0 Å². The fourth-order valence-electron chi connectivity index (χ4n) is 7.37. The minimum atomic E-state index is -1.10. The van der Waals surface area contributed by atoms with Gasteiger partial charge in [-0.15, -0.1) is 0 Å². The summed E-state index contributed by atoms with van der Waals surface area (Å²) < 4.78 is 5.68. The van der Waals surface area contributed by atoms with Crippen LogP contribution in [-0.4, -0.2) is 24.1 Å². The van der Waals surface area contributed by atoms with Crippen molar-refractivity contribution in [2.45, 2.75) is 45.4 Å². The van der Waals surface area contributed by atoms with Gasteiger partial charge in [-0.2, -0.15) is 0 Å². The Hall–Kier alpha value is -1.71. The van der Waals surface area contributed by atoms with Gasteiger partial charge in [0.05, 0.1) is 17.4 Å². The van der Waals surface area contributed by atoms with Crippen LogP contribution >= 0.6 is 0 Å². The highest BCUT2D eigenvalue weighted by atomic mass is 16.5. The number of allylic oxidation sites excluding steroid dienone is 2. The van der Waals surface area contributed by atoms with Crippen molar-refractivity contribution in [2.75, 3.05) is 6.61 Å². The highest BCUT2D eigenvalue weighted by Gasteiger charge is 2.76. The van der Waals surface area contributed by atoms with Crippen molar-refractivity contribution in [3.05, 3.63) is 24.3 Å². The van der Waals surface area contributed by atoms with Crippen LogP contribution in [0.4, 0.5) is 0 Å². The number of carbonyl (C=O) groups excluding carboxylic acids is 3. The maximum absolute atomic E-state index is 13.5. The molecule has 4 heteroatoms. The monoisotopic (exact) mass is 340 g/mol. The standard InChI is InChI=1S/C21H24O4/c1-11-13-5-8-21(16(11)22)14(9-13)20-7-4-6-19(3,10-25-18(20)24)15(20)12(2)17(21)23/h13-15H,1-2,4-10H2,3H3/t13-,14?,15?,19-,20+,21-/m0/s1. The average molecular weight is 340 g/mol. The van der Waals surface area contributed by atoms with Gasteiger partial charge in [0.2, 0.25) is 0 Å². The number of rotatable bonds is 0. The van der Waals surface area contributed by atoms with E-state index in [1.54, 1.807) is 0 Å².